The normalized spacial score (nSPS) is 11.5. The number of nitriles is 1. The van der Waals surface area contributed by atoms with Gasteiger partial charge in [0, 0.05) is 38.6 Å². The van der Waals surface area contributed by atoms with Crippen molar-refractivity contribution in [1.82, 2.24) is 4.90 Å². The third-order valence-corrected chi connectivity index (χ3v) is 3.10. The summed E-state index contributed by atoms with van der Waals surface area (Å²) in [6.07, 6.45) is 0.307. The summed E-state index contributed by atoms with van der Waals surface area (Å²) in [5, 5.41) is 8.71. The van der Waals surface area contributed by atoms with Crippen LogP contribution in [-0.2, 0) is 0 Å². The fraction of sp³-hybridized carbons (Fsp3) is 0.429. The van der Waals surface area contributed by atoms with Gasteiger partial charge < -0.3 is 15.5 Å². The molecule has 0 radical (unpaired) electrons. The Bertz CT molecular complexity index is 505. The molecule has 1 unspecified atom stereocenters. The lowest BCUT2D eigenvalue weighted by Gasteiger charge is -2.26. The number of nitrogens with zero attached hydrogens (tertiary/aromatic N) is 3. The predicted molar refractivity (Wildman–Crippen MR) is 77.0 cm³/mol. The van der Waals surface area contributed by atoms with E-state index in [9.17, 15) is 4.79 Å². The van der Waals surface area contributed by atoms with Gasteiger partial charge in [-0.3, -0.25) is 4.79 Å². The van der Waals surface area contributed by atoms with Crippen LogP contribution in [0, 0.1) is 11.3 Å². The Kier molecular flexibility index (Phi) is 4.76. The topological polar surface area (TPSA) is 73.4 Å². The second-order valence-corrected chi connectivity index (χ2v) is 4.80. The van der Waals surface area contributed by atoms with E-state index < -0.39 is 0 Å². The van der Waals surface area contributed by atoms with Crippen molar-refractivity contribution < 1.29 is 4.79 Å². The highest BCUT2D eigenvalue weighted by atomic mass is 16.2. The third-order valence-electron chi connectivity index (χ3n) is 3.10. The summed E-state index contributed by atoms with van der Waals surface area (Å²) in [7, 11) is 5.45. The highest BCUT2D eigenvalue weighted by Gasteiger charge is 2.21. The number of nitrogen functional groups attached to an aromatic ring is 1. The molecule has 102 valence electrons. The van der Waals surface area contributed by atoms with Gasteiger partial charge in [-0.2, -0.15) is 5.26 Å². The maximum Gasteiger partial charge on any atom is 0.256 e. The summed E-state index contributed by atoms with van der Waals surface area (Å²) in [5.41, 5.74) is 7.68. The van der Waals surface area contributed by atoms with E-state index in [1.54, 1.807) is 24.1 Å². The Morgan fingerprint density at radius 2 is 2.05 bits per heavy atom. The smallest absolute Gasteiger partial charge is 0.256 e. The van der Waals surface area contributed by atoms with Crippen molar-refractivity contribution in [2.45, 2.75) is 19.4 Å². The summed E-state index contributed by atoms with van der Waals surface area (Å²) < 4.78 is 0. The molecule has 0 heterocycles. The van der Waals surface area contributed by atoms with E-state index in [4.69, 9.17) is 11.0 Å². The molecule has 19 heavy (non-hydrogen) atoms. The summed E-state index contributed by atoms with van der Waals surface area (Å²) in [6, 6.07) is 7.21. The summed E-state index contributed by atoms with van der Waals surface area (Å²) in [6.45, 7) is 1.85. The molecule has 1 aromatic rings. The minimum absolute atomic E-state index is 0.126. The van der Waals surface area contributed by atoms with Crippen molar-refractivity contribution >= 4 is 17.3 Å². The van der Waals surface area contributed by atoms with Crippen LogP contribution in [0.1, 0.15) is 23.7 Å². The zero-order chi connectivity index (χ0) is 14.6. The summed E-state index contributed by atoms with van der Waals surface area (Å²) in [4.78, 5) is 15.9. The van der Waals surface area contributed by atoms with Crippen LogP contribution in [0.3, 0.4) is 0 Å². The molecule has 0 fully saturated rings. The standard InChI is InChI=1S/C14H20N4O/c1-10(7-8-15)18(4)14(19)12-9-11(16)5-6-13(12)17(2)3/h5-6,9-10H,7,16H2,1-4H3. The van der Waals surface area contributed by atoms with Gasteiger partial charge in [-0.15, -0.1) is 0 Å². The Hall–Kier alpha value is -2.22. The maximum atomic E-state index is 12.5. The molecule has 2 N–H and O–H groups in total. The van der Waals surface area contributed by atoms with Gasteiger partial charge in [0.2, 0.25) is 0 Å². The van der Waals surface area contributed by atoms with E-state index in [2.05, 4.69) is 6.07 Å². The van der Waals surface area contributed by atoms with Crippen LogP contribution in [0.15, 0.2) is 18.2 Å². The zero-order valence-corrected chi connectivity index (χ0v) is 11.8. The molecule has 1 amide bonds. The van der Waals surface area contributed by atoms with E-state index in [1.807, 2.05) is 32.0 Å². The zero-order valence-electron chi connectivity index (χ0n) is 11.8. The van der Waals surface area contributed by atoms with Crippen LogP contribution in [-0.4, -0.2) is 38.0 Å². The Balaban J connectivity index is 3.12. The number of amides is 1. The highest BCUT2D eigenvalue weighted by Crippen LogP contribution is 2.23. The summed E-state index contributed by atoms with van der Waals surface area (Å²) >= 11 is 0. The first-order valence-corrected chi connectivity index (χ1v) is 6.09. The lowest BCUT2D eigenvalue weighted by molar-refractivity contribution is 0.0747. The number of hydrogen-bond donors (Lipinski definition) is 1. The van der Waals surface area contributed by atoms with E-state index in [0.29, 0.717) is 17.7 Å². The molecule has 5 nitrogen and oxygen atoms in total. The van der Waals surface area contributed by atoms with Gasteiger partial charge in [0.25, 0.3) is 5.91 Å². The number of carbonyl (C=O) groups excluding carboxylic acids is 1. The first-order chi connectivity index (χ1) is 8.88. The number of hydrogen-bond acceptors (Lipinski definition) is 4. The number of nitrogens with two attached hydrogens (primary N) is 1. The van der Waals surface area contributed by atoms with Crippen molar-refractivity contribution in [3.8, 4) is 6.07 Å². The molecule has 0 saturated heterocycles. The largest absolute Gasteiger partial charge is 0.399 e. The van der Waals surface area contributed by atoms with E-state index in [0.717, 1.165) is 5.69 Å². The minimum atomic E-state index is -0.131. The van der Waals surface area contributed by atoms with Gasteiger partial charge in [-0.05, 0) is 25.1 Å². The molecule has 1 rings (SSSR count). The minimum Gasteiger partial charge on any atom is -0.399 e. The molecule has 0 aliphatic rings. The molecular formula is C14H20N4O. The van der Waals surface area contributed by atoms with Crippen LogP contribution in [0.4, 0.5) is 11.4 Å². The van der Waals surface area contributed by atoms with Crippen molar-refractivity contribution in [3.05, 3.63) is 23.8 Å². The van der Waals surface area contributed by atoms with Gasteiger partial charge in [0.1, 0.15) is 0 Å². The van der Waals surface area contributed by atoms with Gasteiger partial charge in [-0.1, -0.05) is 0 Å². The fourth-order valence-corrected chi connectivity index (χ4v) is 1.77. The van der Waals surface area contributed by atoms with Crippen molar-refractivity contribution in [2.24, 2.45) is 0 Å². The second kappa shape index (κ2) is 6.10. The number of carbonyl (C=O) groups is 1. The molecule has 0 aliphatic heterocycles. The first kappa shape index (κ1) is 14.8. The lowest BCUT2D eigenvalue weighted by atomic mass is 10.1. The SMILES string of the molecule is CC(CC#N)N(C)C(=O)c1cc(N)ccc1N(C)C. The van der Waals surface area contributed by atoms with Crippen LogP contribution in [0.5, 0.6) is 0 Å². The molecule has 1 atom stereocenters. The first-order valence-electron chi connectivity index (χ1n) is 6.09. The Labute approximate surface area is 114 Å². The van der Waals surface area contributed by atoms with Crippen LogP contribution in [0.25, 0.3) is 0 Å². The van der Waals surface area contributed by atoms with Crippen molar-refractivity contribution in [3.63, 3.8) is 0 Å². The summed E-state index contributed by atoms with van der Waals surface area (Å²) in [5.74, 6) is -0.126. The van der Waals surface area contributed by atoms with Crippen LogP contribution >= 0.6 is 0 Å². The molecule has 0 spiro atoms. The average Bonchev–Trinajstić information content (AvgIpc) is 2.36. The van der Waals surface area contributed by atoms with Gasteiger partial charge >= 0.3 is 0 Å². The molecule has 1 aromatic carbocycles. The Morgan fingerprint density at radius 3 is 2.58 bits per heavy atom. The monoisotopic (exact) mass is 260 g/mol. The Morgan fingerprint density at radius 1 is 1.42 bits per heavy atom. The quantitative estimate of drug-likeness (QED) is 0.836. The van der Waals surface area contributed by atoms with Crippen molar-refractivity contribution in [2.75, 3.05) is 31.8 Å². The average molecular weight is 260 g/mol. The van der Waals surface area contributed by atoms with Crippen LogP contribution < -0.4 is 10.6 Å². The number of benzene rings is 1. The molecule has 0 aromatic heterocycles. The number of anilines is 2. The fourth-order valence-electron chi connectivity index (χ4n) is 1.77. The molecule has 0 aliphatic carbocycles. The third kappa shape index (κ3) is 3.38. The molecule has 0 saturated carbocycles. The number of rotatable bonds is 4. The van der Waals surface area contributed by atoms with Gasteiger partial charge in [0.05, 0.1) is 18.1 Å². The van der Waals surface area contributed by atoms with E-state index >= 15 is 0 Å². The van der Waals surface area contributed by atoms with Gasteiger partial charge in [-0.25, -0.2) is 0 Å². The second-order valence-electron chi connectivity index (χ2n) is 4.80. The lowest BCUT2D eigenvalue weighted by Crippen LogP contribution is -2.35. The predicted octanol–water partition coefficient (Wildman–Crippen LogP) is 1.71. The van der Waals surface area contributed by atoms with E-state index in [1.165, 1.54) is 0 Å². The molecule has 0 bridgehead atoms. The maximum absolute atomic E-state index is 12.5. The molecule has 5 heteroatoms. The highest BCUT2D eigenvalue weighted by molar-refractivity contribution is 6.00. The van der Waals surface area contributed by atoms with Crippen molar-refractivity contribution in [1.29, 1.82) is 5.26 Å². The van der Waals surface area contributed by atoms with E-state index in [-0.39, 0.29) is 11.9 Å². The molecular weight excluding hydrogens is 240 g/mol. The van der Waals surface area contributed by atoms with Gasteiger partial charge in [0.15, 0.2) is 0 Å². The van der Waals surface area contributed by atoms with Crippen LogP contribution in [0.2, 0.25) is 0 Å².